The van der Waals surface area contributed by atoms with Gasteiger partial charge in [0.25, 0.3) is 0 Å². The molecule has 0 aliphatic carbocycles. The average molecular weight is 366 g/mol. The second kappa shape index (κ2) is 10.8. The zero-order valence-electron chi connectivity index (χ0n) is 15.4. The zero-order valence-corrected chi connectivity index (χ0v) is 15.4. The molecule has 1 aliphatic heterocycles. The lowest BCUT2D eigenvalue weighted by Crippen LogP contribution is -2.41. The normalized spacial score (nSPS) is 21.9. The number of ether oxygens (including phenoxy) is 4. The minimum Gasteiger partial charge on any atom is -0.374 e. The molecular weight excluding hydrogens is 340 g/mol. The van der Waals surface area contributed by atoms with Gasteiger partial charge in [0.2, 0.25) is 0 Å². The summed E-state index contributed by atoms with van der Waals surface area (Å²) in [6, 6.07) is 20.2. The topological polar surface area (TPSA) is 36.9 Å². The van der Waals surface area contributed by atoms with E-state index in [-0.39, 0.29) is 12.2 Å². The highest BCUT2D eigenvalue weighted by atomic mass is 16.7. The van der Waals surface area contributed by atoms with Crippen molar-refractivity contribution in [2.45, 2.75) is 31.7 Å². The molecule has 0 saturated carbocycles. The van der Waals surface area contributed by atoms with Crippen LogP contribution < -0.4 is 0 Å². The van der Waals surface area contributed by atoms with E-state index >= 15 is 0 Å². The molecule has 27 heavy (non-hydrogen) atoms. The van der Waals surface area contributed by atoms with E-state index < -0.39 is 6.29 Å². The van der Waals surface area contributed by atoms with Gasteiger partial charge in [-0.25, -0.2) is 0 Å². The summed E-state index contributed by atoms with van der Waals surface area (Å²) < 4.78 is 23.6. The second-order valence-corrected chi connectivity index (χ2v) is 6.31. The van der Waals surface area contributed by atoms with Gasteiger partial charge in [-0.15, -0.1) is 6.58 Å². The molecule has 1 aliphatic rings. The molecule has 0 N–H and O–H groups in total. The summed E-state index contributed by atoms with van der Waals surface area (Å²) >= 11 is 0. The van der Waals surface area contributed by atoms with E-state index in [1.807, 2.05) is 72.8 Å². The van der Waals surface area contributed by atoms with E-state index in [0.717, 1.165) is 11.1 Å². The van der Waals surface area contributed by atoms with E-state index in [1.54, 1.807) is 6.08 Å². The van der Waals surface area contributed by atoms with Crippen molar-refractivity contribution < 1.29 is 18.9 Å². The van der Waals surface area contributed by atoms with E-state index in [1.165, 1.54) is 0 Å². The summed E-state index contributed by atoms with van der Waals surface area (Å²) in [6.45, 7) is 5.58. The molecule has 0 unspecified atom stereocenters. The van der Waals surface area contributed by atoms with E-state index in [4.69, 9.17) is 18.9 Å². The van der Waals surface area contributed by atoms with Crippen molar-refractivity contribution >= 4 is 0 Å². The van der Waals surface area contributed by atoms with Gasteiger partial charge in [0.05, 0.1) is 26.4 Å². The molecule has 0 radical (unpaired) electrons. The molecule has 0 fully saturated rings. The Hall–Kier alpha value is -2.24. The molecule has 4 nitrogen and oxygen atoms in total. The minimum absolute atomic E-state index is 0.190. The van der Waals surface area contributed by atoms with Crippen LogP contribution in [0, 0.1) is 0 Å². The molecule has 4 heteroatoms. The van der Waals surface area contributed by atoms with Gasteiger partial charge >= 0.3 is 0 Å². The monoisotopic (exact) mass is 366 g/mol. The fraction of sp³-hybridized carbons (Fsp3) is 0.304. The van der Waals surface area contributed by atoms with Crippen LogP contribution in [0.5, 0.6) is 0 Å². The highest BCUT2D eigenvalue weighted by Crippen LogP contribution is 2.19. The van der Waals surface area contributed by atoms with Crippen LogP contribution >= 0.6 is 0 Å². The minimum atomic E-state index is -0.412. The smallest absolute Gasteiger partial charge is 0.177 e. The Morgan fingerprint density at radius 2 is 1.52 bits per heavy atom. The maximum atomic E-state index is 6.07. The molecule has 3 atom stereocenters. The molecule has 2 aromatic carbocycles. The highest BCUT2D eigenvalue weighted by Gasteiger charge is 2.28. The molecule has 0 amide bonds. The van der Waals surface area contributed by atoms with Crippen LogP contribution in [0.2, 0.25) is 0 Å². The highest BCUT2D eigenvalue weighted by molar-refractivity contribution is 5.14. The van der Waals surface area contributed by atoms with Gasteiger partial charge in [-0.3, -0.25) is 0 Å². The van der Waals surface area contributed by atoms with Crippen LogP contribution in [-0.2, 0) is 32.2 Å². The summed E-state index contributed by atoms with van der Waals surface area (Å²) in [4.78, 5) is 0. The van der Waals surface area contributed by atoms with Crippen molar-refractivity contribution in [3.05, 3.63) is 96.6 Å². The lowest BCUT2D eigenvalue weighted by molar-refractivity contribution is -0.191. The third-order valence-electron chi connectivity index (χ3n) is 4.19. The Morgan fingerprint density at radius 3 is 2.19 bits per heavy atom. The van der Waals surface area contributed by atoms with Crippen LogP contribution in [-0.4, -0.2) is 31.7 Å². The molecule has 142 valence electrons. The number of benzene rings is 2. The van der Waals surface area contributed by atoms with E-state index in [2.05, 4.69) is 6.58 Å². The Balaban J connectivity index is 1.56. The van der Waals surface area contributed by atoms with Crippen molar-refractivity contribution in [3.63, 3.8) is 0 Å². The van der Waals surface area contributed by atoms with Gasteiger partial charge in [0, 0.05) is 0 Å². The Morgan fingerprint density at radius 1 is 0.852 bits per heavy atom. The van der Waals surface area contributed by atoms with Gasteiger partial charge in [0.1, 0.15) is 12.2 Å². The van der Waals surface area contributed by atoms with Crippen LogP contribution in [0.15, 0.2) is 85.5 Å². The number of hydrogen-bond donors (Lipinski definition) is 0. The van der Waals surface area contributed by atoms with Crippen molar-refractivity contribution in [2.24, 2.45) is 0 Å². The number of hydrogen-bond acceptors (Lipinski definition) is 4. The Bertz CT molecular complexity index is 699. The Kier molecular flexibility index (Phi) is 7.81. The van der Waals surface area contributed by atoms with Crippen LogP contribution in [0.4, 0.5) is 0 Å². The van der Waals surface area contributed by atoms with Gasteiger partial charge in [-0.2, -0.15) is 0 Å². The predicted octanol–water partition coefficient (Wildman–Crippen LogP) is 4.27. The maximum absolute atomic E-state index is 6.07. The van der Waals surface area contributed by atoms with Crippen molar-refractivity contribution in [1.29, 1.82) is 0 Å². The quantitative estimate of drug-likeness (QED) is 0.589. The van der Waals surface area contributed by atoms with Crippen LogP contribution in [0.1, 0.15) is 11.1 Å². The van der Waals surface area contributed by atoms with E-state index in [9.17, 15) is 0 Å². The molecule has 0 aromatic heterocycles. The molecular formula is C23H26O4. The van der Waals surface area contributed by atoms with Gasteiger partial charge < -0.3 is 18.9 Å². The predicted molar refractivity (Wildman–Crippen MR) is 105 cm³/mol. The lowest BCUT2D eigenvalue weighted by Gasteiger charge is -2.32. The summed E-state index contributed by atoms with van der Waals surface area (Å²) in [6.07, 6.45) is 4.74. The van der Waals surface area contributed by atoms with Gasteiger partial charge in [-0.1, -0.05) is 72.8 Å². The summed E-state index contributed by atoms with van der Waals surface area (Å²) in [5.41, 5.74) is 2.25. The average Bonchev–Trinajstić information content (AvgIpc) is 2.73. The summed E-state index contributed by atoms with van der Waals surface area (Å²) in [5.74, 6) is 0. The fourth-order valence-electron chi connectivity index (χ4n) is 2.81. The lowest BCUT2D eigenvalue weighted by atomic mass is 10.1. The molecule has 0 bridgehead atoms. The number of rotatable bonds is 10. The standard InChI is InChI=1S/C23H26O4/c1-2-15-25-23-14-13-21(26-17-20-11-7-4-8-12-20)22(27-23)18-24-16-19-9-5-3-6-10-19/h2-14,21-23H,1,15-18H2/t21-,22-,23+/m1/s1. The molecule has 3 rings (SSSR count). The summed E-state index contributed by atoms with van der Waals surface area (Å²) in [5, 5.41) is 0. The maximum Gasteiger partial charge on any atom is 0.177 e. The zero-order chi connectivity index (χ0) is 18.7. The third-order valence-corrected chi connectivity index (χ3v) is 4.19. The van der Waals surface area contributed by atoms with Crippen molar-refractivity contribution in [3.8, 4) is 0 Å². The first-order chi connectivity index (χ1) is 13.3. The van der Waals surface area contributed by atoms with Gasteiger partial charge in [-0.05, 0) is 17.2 Å². The summed E-state index contributed by atoms with van der Waals surface area (Å²) in [7, 11) is 0. The third kappa shape index (κ3) is 6.45. The van der Waals surface area contributed by atoms with E-state index in [0.29, 0.717) is 26.4 Å². The first-order valence-electron chi connectivity index (χ1n) is 9.18. The molecule has 1 heterocycles. The Labute approximate surface area is 161 Å². The second-order valence-electron chi connectivity index (χ2n) is 6.31. The van der Waals surface area contributed by atoms with Crippen LogP contribution in [0.25, 0.3) is 0 Å². The first-order valence-corrected chi connectivity index (χ1v) is 9.18. The largest absolute Gasteiger partial charge is 0.374 e. The fourth-order valence-corrected chi connectivity index (χ4v) is 2.81. The van der Waals surface area contributed by atoms with Crippen LogP contribution in [0.3, 0.4) is 0 Å². The molecule has 0 spiro atoms. The first kappa shape index (κ1) is 19.5. The molecule has 0 saturated heterocycles. The van der Waals surface area contributed by atoms with Gasteiger partial charge in [0.15, 0.2) is 6.29 Å². The van der Waals surface area contributed by atoms with Crippen molar-refractivity contribution in [2.75, 3.05) is 13.2 Å². The molecule has 2 aromatic rings. The van der Waals surface area contributed by atoms with Crippen molar-refractivity contribution in [1.82, 2.24) is 0 Å². The SMILES string of the molecule is C=CCO[C@@H]1C=C[C@@H](OCc2ccccc2)[C@@H](COCc2ccccc2)O1.